The summed E-state index contributed by atoms with van der Waals surface area (Å²) >= 11 is 7.54. The normalized spacial score (nSPS) is 10.6. The molecule has 0 radical (unpaired) electrons. The third-order valence-corrected chi connectivity index (χ3v) is 4.92. The van der Waals surface area contributed by atoms with Crippen LogP contribution in [0.3, 0.4) is 0 Å². The summed E-state index contributed by atoms with van der Waals surface area (Å²) in [7, 11) is 0. The molecule has 5 nitrogen and oxygen atoms in total. The van der Waals surface area contributed by atoms with Crippen molar-refractivity contribution in [3.8, 4) is 5.75 Å². The molecule has 0 aliphatic carbocycles. The molecule has 0 spiro atoms. The second kappa shape index (κ2) is 8.29. The maximum absolute atomic E-state index is 12.2. The van der Waals surface area contributed by atoms with Gasteiger partial charge in [0.05, 0.1) is 18.3 Å². The number of benzene rings is 1. The van der Waals surface area contributed by atoms with Crippen molar-refractivity contribution in [2.75, 3.05) is 5.32 Å². The number of carbonyl (C=O) groups is 1. The van der Waals surface area contributed by atoms with Gasteiger partial charge in [-0.25, -0.2) is 4.98 Å². The number of amides is 1. The smallest absolute Gasteiger partial charge is 0.230 e. The summed E-state index contributed by atoms with van der Waals surface area (Å²) in [4.78, 5) is 20.8. The first kappa shape index (κ1) is 18.4. The number of anilines is 1. The van der Waals surface area contributed by atoms with Gasteiger partial charge in [0, 0.05) is 21.8 Å². The Hall–Kier alpha value is -2.44. The molecule has 3 rings (SSSR count). The van der Waals surface area contributed by atoms with Gasteiger partial charge in [-0.15, -0.1) is 11.3 Å². The van der Waals surface area contributed by atoms with E-state index < -0.39 is 0 Å². The van der Waals surface area contributed by atoms with Crippen molar-refractivity contribution in [1.29, 1.82) is 0 Å². The number of nitrogens with zero attached hydrogens (tertiary/aromatic N) is 2. The van der Waals surface area contributed by atoms with Crippen LogP contribution in [0.4, 0.5) is 5.69 Å². The van der Waals surface area contributed by atoms with Gasteiger partial charge in [-0.3, -0.25) is 9.78 Å². The average Bonchev–Trinajstić information content (AvgIpc) is 3.05. The molecular formula is C19H18ClN3O2S. The highest BCUT2D eigenvalue weighted by molar-refractivity contribution is 7.09. The number of halogens is 1. The van der Waals surface area contributed by atoms with E-state index in [2.05, 4.69) is 15.3 Å². The minimum atomic E-state index is -0.134. The van der Waals surface area contributed by atoms with Crippen LogP contribution in [0, 0.1) is 13.8 Å². The topological polar surface area (TPSA) is 64.1 Å². The lowest BCUT2D eigenvalue weighted by Gasteiger charge is -2.06. The van der Waals surface area contributed by atoms with Crippen LogP contribution < -0.4 is 10.1 Å². The van der Waals surface area contributed by atoms with Crippen molar-refractivity contribution in [1.82, 2.24) is 9.97 Å². The molecule has 134 valence electrons. The molecule has 1 amide bonds. The Morgan fingerprint density at radius 1 is 1.27 bits per heavy atom. The van der Waals surface area contributed by atoms with Gasteiger partial charge in [-0.1, -0.05) is 17.7 Å². The Balaban J connectivity index is 1.53. The van der Waals surface area contributed by atoms with Gasteiger partial charge in [-0.05, 0) is 43.7 Å². The SMILES string of the molecule is Cc1ccc(OCc2nc(CC(=O)Nc3ccc(C)c(Cl)c3)cs2)cn1. The highest BCUT2D eigenvalue weighted by atomic mass is 35.5. The Kier molecular flexibility index (Phi) is 5.85. The van der Waals surface area contributed by atoms with Crippen LogP contribution in [-0.2, 0) is 17.8 Å². The number of nitrogens with one attached hydrogen (secondary N) is 1. The summed E-state index contributed by atoms with van der Waals surface area (Å²) in [5.74, 6) is 0.562. The fraction of sp³-hybridized carbons (Fsp3) is 0.211. The zero-order chi connectivity index (χ0) is 18.5. The highest BCUT2D eigenvalue weighted by Gasteiger charge is 2.09. The van der Waals surface area contributed by atoms with Crippen LogP contribution in [-0.4, -0.2) is 15.9 Å². The first-order valence-corrected chi connectivity index (χ1v) is 9.30. The quantitative estimate of drug-likeness (QED) is 0.673. The van der Waals surface area contributed by atoms with E-state index in [1.165, 1.54) is 11.3 Å². The van der Waals surface area contributed by atoms with Gasteiger partial charge < -0.3 is 10.1 Å². The fourth-order valence-corrected chi connectivity index (χ4v) is 3.11. The first-order valence-electron chi connectivity index (χ1n) is 8.04. The van der Waals surface area contributed by atoms with E-state index in [0.29, 0.717) is 28.8 Å². The molecule has 1 aromatic carbocycles. The summed E-state index contributed by atoms with van der Waals surface area (Å²) < 4.78 is 5.66. The van der Waals surface area contributed by atoms with Crippen molar-refractivity contribution in [2.45, 2.75) is 26.9 Å². The third-order valence-electron chi connectivity index (χ3n) is 3.64. The van der Waals surface area contributed by atoms with Crippen molar-refractivity contribution in [3.05, 3.63) is 68.9 Å². The van der Waals surface area contributed by atoms with Gasteiger partial charge in [0.2, 0.25) is 5.91 Å². The molecule has 0 aliphatic heterocycles. The number of thiazole rings is 1. The van der Waals surface area contributed by atoms with E-state index in [1.54, 1.807) is 12.3 Å². The predicted molar refractivity (Wildman–Crippen MR) is 104 cm³/mol. The lowest BCUT2D eigenvalue weighted by Crippen LogP contribution is -2.14. The molecule has 0 atom stereocenters. The van der Waals surface area contributed by atoms with E-state index in [0.717, 1.165) is 16.3 Å². The van der Waals surface area contributed by atoms with Crippen molar-refractivity contribution in [2.24, 2.45) is 0 Å². The summed E-state index contributed by atoms with van der Waals surface area (Å²) in [6.07, 6.45) is 1.89. The predicted octanol–water partition coefficient (Wildman–Crippen LogP) is 4.57. The van der Waals surface area contributed by atoms with Gasteiger partial charge in [0.25, 0.3) is 0 Å². The van der Waals surface area contributed by atoms with E-state index in [1.807, 2.05) is 43.5 Å². The highest BCUT2D eigenvalue weighted by Crippen LogP contribution is 2.20. The van der Waals surface area contributed by atoms with Crippen LogP contribution in [0.2, 0.25) is 5.02 Å². The van der Waals surface area contributed by atoms with E-state index in [-0.39, 0.29) is 12.3 Å². The Bertz CT molecular complexity index is 909. The molecule has 0 bridgehead atoms. The Morgan fingerprint density at radius 2 is 2.12 bits per heavy atom. The standard InChI is InChI=1S/C19H18ClN3O2S/c1-12-3-5-14(7-17(12)20)22-18(24)8-15-11-26-19(23-15)10-25-16-6-4-13(2)21-9-16/h3-7,9,11H,8,10H2,1-2H3,(H,22,24). The summed E-state index contributed by atoms with van der Waals surface area (Å²) in [5, 5.41) is 6.14. The van der Waals surface area contributed by atoms with Gasteiger partial charge in [0.1, 0.15) is 17.4 Å². The number of aryl methyl sites for hydroxylation is 2. The van der Waals surface area contributed by atoms with Crippen LogP contribution >= 0.6 is 22.9 Å². The molecule has 0 saturated heterocycles. The monoisotopic (exact) mass is 387 g/mol. The average molecular weight is 388 g/mol. The first-order chi connectivity index (χ1) is 12.5. The number of aromatic nitrogens is 2. The molecule has 7 heteroatoms. The molecular weight excluding hydrogens is 370 g/mol. The van der Waals surface area contributed by atoms with E-state index in [4.69, 9.17) is 16.3 Å². The minimum absolute atomic E-state index is 0.134. The van der Waals surface area contributed by atoms with Crippen LogP contribution in [0.15, 0.2) is 41.9 Å². The minimum Gasteiger partial charge on any atom is -0.485 e. The summed E-state index contributed by atoms with van der Waals surface area (Å²) in [6.45, 7) is 4.19. The van der Waals surface area contributed by atoms with Crippen molar-refractivity contribution < 1.29 is 9.53 Å². The molecule has 0 saturated carbocycles. The van der Waals surface area contributed by atoms with Gasteiger partial charge in [0.15, 0.2) is 0 Å². The number of hydrogen-bond acceptors (Lipinski definition) is 5. The van der Waals surface area contributed by atoms with Gasteiger partial charge >= 0.3 is 0 Å². The molecule has 26 heavy (non-hydrogen) atoms. The van der Waals surface area contributed by atoms with E-state index >= 15 is 0 Å². The summed E-state index contributed by atoms with van der Waals surface area (Å²) in [6, 6.07) is 9.21. The molecule has 1 N–H and O–H groups in total. The van der Waals surface area contributed by atoms with Gasteiger partial charge in [-0.2, -0.15) is 0 Å². The molecule has 2 heterocycles. The Morgan fingerprint density at radius 3 is 2.85 bits per heavy atom. The van der Waals surface area contributed by atoms with Crippen molar-refractivity contribution >= 4 is 34.5 Å². The number of ether oxygens (including phenoxy) is 1. The maximum atomic E-state index is 12.2. The van der Waals surface area contributed by atoms with E-state index in [9.17, 15) is 4.79 Å². The zero-order valence-corrected chi connectivity index (χ0v) is 16.0. The maximum Gasteiger partial charge on any atom is 0.230 e. The number of carbonyl (C=O) groups excluding carboxylic acids is 1. The summed E-state index contributed by atoms with van der Waals surface area (Å²) in [5.41, 5.74) is 3.30. The van der Waals surface area contributed by atoms with Crippen LogP contribution in [0.5, 0.6) is 5.75 Å². The second-order valence-corrected chi connectivity index (χ2v) is 7.20. The second-order valence-electron chi connectivity index (χ2n) is 5.85. The molecule has 3 aromatic rings. The van der Waals surface area contributed by atoms with Crippen LogP contribution in [0.25, 0.3) is 0 Å². The van der Waals surface area contributed by atoms with Crippen LogP contribution in [0.1, 0.15) is 22.0 Å². The molecule has 2 aromatic heterocycles. The molecule has 0 unspecified atom stereocenters. The molecule has 0 aliphatic rings. The number of rotatable bonds is 6. The number of hydrogen-bond donors (Lipinski definition) is 1. The molecule has 0 fully saturated rings. The lowest BCUT2D eigenvalue weighted by atomic mass is 10.2. The Labute approximate surface area is 161 Å². The fourth-order valence-electron chi connectivity index (χ4n) is 2.22. The largest absolute Gasteiger partial charge is 0.485 e. The zero-order valence-electron chi connectivity index (χ0n) is 14.5. The number of pyridine rings is 1. The van der Waals surface area contributed by atoms with Crippen molar-refractivity contribution in [3.63, 3.8) is 0 Å². The third kappa shape index (κ3) is 5.03. The lowest BCUT2D eigenvalue weighted by molar-refractivity contribution is -0.115.